The van der Waals surface area contributed by atoms with E-state index in [4.69, 9.17) is 5.73 Å². The first kappa shape index (κ1) is 14.1. The van der Waals surface area contributed by atoms with Gasteiger partial charge in [-0.1, -0.05) is 42.5 Å². The third-order valence-corrected chi connectivity index (χ3v) is 3.17. The summed E-state index contributed by atoms with van der Waals surface area (Å²) in [5, 5.41) is 12.7. The average molecular weight is 270 g/mol. The molecular formula is C16H18N2O2. The molecule has 0 heterocycles. The number of hydrogen-bond donors (Lipinski definition) is 3. The molecule has 0 fully saturated rings. The lowest BCUT2D eigenvalue weighted by molar-refractivity contribution is 0.0916. The summed E-state index contributed by atoms with van der Waals surface area (Å²) in [6.07, 6.45) is -0.731. The summed E-state index contributed by atoms with van der Waals surface area (Å²) in [5.74, 6) is -0.268. The van der Waals surface area contributed by atoms with Gasteiger partial charge in [0.25, 0.3) is 5.91 Å². The van der Waals surface area contributed by atoms with Gasteiger partial charge >= 0.3 is 0 Å². The molecule has 20 heavy (non-hydrogen) atoms. The zero-order chi connectivity index (χ0) is 14.5. The Morgan fingerprint density at radius 1 is 1.20 bits per heavy atom. The van der Waals surface area contributed by atoms with Crippen LogP contribution in [-0.4, -0.2) is 17.6 Å². The number of aryl methyl sites for hydroxylation is 1. The van der Waals surface area contributed by atoms with Crippen molar-refractivity contribution in [1.82, 2.24) is 5.32 Å². The summed E-state index contributed by atoms with van der Waals surface area (Å²) in [6.45, 7) is 1.98. The Kier molecular flexibility index (Phi) is 4.38. The van der Waals surface area contributed by atoms with Crippen LogP contribution in [0.5, 0.6) is 0 Å². The fraction of sp³-hybridized carbons (Fsp3) is 0.188. The maximum Gasteiger partial charge on any atom is 0.253 e. The van der Waals surface area contributed by atoms with E-state index in [0.717, 1.165) is 11.1 Å². The van der Waals surface area contributed by atoms with Crippen LogP contribution in [0.2, 0.25) is 0 Å². The summed E-state index contributed by atoms with van der Waals surface area (Å²) < 4.78 is 0. The molecule has 0 saturated heterocycles. The van der Waals surface area contributed by atoms with Crippen LogP contribution in [0.1, 0.15) is 27.6 Å². The van der Waals surface area contributed by atoms with Gasteiger partial charge < -0.3 is 16.2 Å². The van der Waals surface area contributed by atoms with Crippen LogP contribution in [0.25, 0.3) is 0 Å². The van der Waals surface area contributed by atoms with Crippen LogP contribution in [0.15, 0.2) is 48.5 Å². The normalized spacial score (nSPS) is 11.9. The van der Waals surface area contributed by atoms with E-state index in [1.165, 1.54) is 0 Å². The Bertz CT molecular complexity index is 576. The third kappa shape index (κ3) is 3.16. The first-order valence-electron chi connectivity index (χ1n) is 6.46. The van der Waals surface area contributed by atoms with Crippen molar-refractivity contribution >= 4 is 11.6 Å². The number of carbonyl (C=O) groups excluding carboxylic acids is 1. The van der Waals surface area contributed by atoms with E-state index in [2.05, 4.69) is 5.32 Å². The molecule has 0 aromatic heterocycles. The second kappa shape index (κ2) is 6.21. The van der Waals surface area contributed by atoms with Crippen LogP contribution < -0.4 is 11.1 Å². The van der Waals surface area contributed by atoms with E-state index in [9.17, 15) is 9.90 Å². The Morgan fingerprint density at radius 2 is 1.90 bits per heavy atom. The zero-order valence-corrected chi connectivity index (χ0v) is 11.3. The van der Waals surface area contributed by atoms with Crippen LogP contribution in [0, 0.1) is 6.92 Å². The predicted octanol–water partition coefficient (Wildman–Crippen LogP) is 2.04. The molecule has 4 nitrogen and oxygen atoms in total. The van der Waals surface area contributed by atoms with Crippen LogP contribution in [-0.2, 0) is 0 Å². The molecule has 0 bridgehead atoms. The highest BCUT2D eigenvalue weighted by atomic mass is 16.3. The molecule has 1 atom stereocenters. The monoisotopic (exact) mass is 270 g/mol. The minimum absolute atomic E-state index is 0.149. The van der Waals surface area contributed by atoms with Crippen molar-refractivity contribution in [2.45, 2.75) is 13.0 Å². The van der Waals surface area contributed by atoms with Crippen molar-refractivity contribution in [3.8, 4) is 0 Å². The number of anilines is 1. The van der Waals surface area contributed by atoms with Crippen molar-refractivity contribution in [1.29, 1.82) is 0 Å². The number of carbonyl (C=O) groups is 1. The number of nitrogens with two attached hydrogens (primary N) is 1. The van der Waals surface area contributed by atoms with Crippen molar-refractivity contribution < 1.29 is 9.90 Å². The van der Waals surface area contributed by atoms with Crippen molar-refractivity contribution in [2.75, 3.05) is 12.3 Å². The number of amides is 1. The van der Waals surface area contributed by atoms with E-state index >= 15 is 0 Å². The number of aliphatic hydroxyl groups excluding tert-OH is 1. The van der Waals surface area contributed by atoms with Crippen molar-refractivity contribution in [3.63, 3.8) is 0 Å². The molecule has 1 amide bonds. The molecule has 104 valence electrons. The SMILES string of the molecule is Cc1cccc(N)c1C(=O)NCC(O)c1ccccc1. The maximum atomic E-state index is 12.1. The fourth-order valence-electron chi connectivity index (χ4n) is 2.07. The van der Waals surface area contributed by atoms with Crippen LogP contribution in [0.4, 0.5) is 5.69 Å². The van der Waals surface area contributed by atoms with Gasteiger partial charge in [0.05, 0.1) is 11.7 Å². The fourth-order valence-corrected chi connectivity index (χ4v) is 2.07. The van der Waals surface area contributed by atoms with E-state index in [1.54, 1.807) is 12.1 Å². The lowest BCUT2D eigenvalue weighted by atomic mass is 10.1. The van der Waals surface area contributed by atoms with Gasteiger partial charge in [0.2, 0.25) is 0 Å². The molecule has 0 saturated carbocycles. The molecule has 0 aliphatic heterocycles. The standard InChI is InChI=1S/C16H18N2O2/c1-11-6-5-9-13(17)15(11)16(20)18-10-14(19)12-7-3-2-4-8-12/h2-9,14,19H,10,17H2,1H3,(H,18,20). The molecule has 0 aliphatic rings. The smallest absolute Gasteiger partial charge is 0.253 e. The lowest BCUT2D eigenvalue weighted by Crippen LogP contribution is -2.29. The quantitative estimate of drug-likeness (QED) is 0.744. The zero-order valence-electron chi connectivity index (χ0n) is 11.3. The minimum Gasteiger partial charge on any atom is -0.398 e. The molecule has 0 spiro atoms. The molecular weight excluding hydrogens is 252 g/mol. The molecule has 2 aromatic rings. The lowest BCUT2D eigenvalue weighted by Gasteiger charge is -2.14. The van der Waals surface area contributed by atoms with E-state index in [0.29, 0.717) is 11.3 Å². The van der Waals surface area contributed by atoms with Gasteiger partial charge in [0.15, 0.2) is 0 Å². The van der Waals surface area contributed by atoms with Crippen molar-refractivity contribution in [2.24, 2.45) is 0 Å². The van der Waals surface area contributed by atoms with E-state index in [1.807, 2.05) is 43.3 Å². The molecule has 4 N–H and O–H groups in total. The van der Waals surface area contributed by atoms with Crippen molar-refractivity contribution in [3.05, 3.63) is 65.2 Å². The third-order valence-electron chi connectivity index (χ3n) is 3.17. The summed E-state index contributed by atoms with van der Waals surface area (Å²) in [6, 6.07) is 14.5. The number of aliphatic hydroxyl groups is 1. The Labute approximate surface area is 118 Å². The molecule has 0 radical (unpaired) electrons. The van der Waals surface area contributed by atoms with Crippen LogP contribution >= 0.6 is 0 Å². The second-order valence-corrected chi connectivity index (χ2v) is 4.68. The Balaban J connectivity index is 2.03. The number of nitrogens with one attached hydrogen (secondary N) is 1. The van der Waals surface area contributed by atoms with Gasteiger partial charge in [0, 0.05) is 12.2 Å². The highest BCUT2D eigenvalue weighted by molar-refractivity contribution is 6.00. The number of rotatable bonds is 4. The summed E-state index contributed by atoms with van der Waals surface area (Å²) in [4.78, 5) is 12.1. The maximum absolute atomic E-state index is 12.1. The summed E-state index contributed by atoms with van der Waals surface area (Å²) >= 11 is 0. The van der Waals surface area contributed by atoms with Gasteiger partial charge in [-0.15, -0.1) is 0 Å². The van der Waals surface area contributed by atoms with Gasteiger partial charge in [-0.25, -0.2) is 0 Å². The minimum atomic E-state index is -0.731. The highest BCUT2D eigenvalue weighted by Crippen LogP contribution is 2.16. The highest BCUT2D eigenvalue weighted by Gasteiger charge is 2.14. The number of benzene rings is 2. The molecule has 1 unspecified atom stereocenters. The van der Waals surface area contributed by atoms with E-state index < -0.39 is 6.10 Å². The topological polar surface area (TPSA) is 75.4 Å². The molecule has 2 rings (SSSR count). The Hall–Kier alpha value is -2.33. The number of nitrogen functional groups attached to an aromatic ring is 1. The van der Waals surface area contributed by atoms with Gasteiger partial charge in [0.1, 0.15) is 0 Å². The van der Waals surface area contributed by atoms with Crippen LogP contribution in [0.3, 0.4) is 0 Å². The molecule has 0 aliphatic carbocycles. The average Bonchev–Trinajstić information content (AvgIpc) is 2.45. The molecule has 2 aromatic carbocycles. The predicted molar refractivity (Wildman–Crippen MR) is 79.3 cm³/mol. The molecule has 4 heteroatoms. The van der Waals surface area contributed by atoms with E-state index in [-0.39, 0.29) is 12.5 Å². The first-order chi connectivity index (χ1) is 9.59. The Morgan fingerprint density at radius 3 is 2.55 bits per heavy atom. The number of hydrogen-bond acceptors (Lipinski definition) is 3. The summed E-state index contributed by atoms with van der Waals surface area (Å²) in [7, 11) is 0. The first-order valence-corrected chi connectivity index (χ1v) is 6.46. The van der Waals surface area contributed by atoms with Gasteiger partial charge in [-0.05, 0) is 24.1 Å². The van der Waals surface area contributed by atoms with Gasteiger partial charge in [-0.3, -0.25) is 4.79 Å². The second-order valence-electron chi connectivity index (χ2n) is 4.68. The largest absolute Gasteiger partial charge is 0.398 e. The summed E-state index contributed by atoms with van der Waals surface area (Å²) in [5.41, 5.74) is 8.31. The van der Waals surface area contributed by atoms with Gasteiger partial charge in [-0.2, -0.15) is 0 Å².